The van der Waals surface area contributed by atoms with Crippen LogP contribution in [-0.2, 0) is 0 Å². The molecule has 1 aliphatic heterocycles. The molecule has 18 heavy (non-hydrogen) atoms. The van der Waals surface area contributed by atoms with Crippen molar-refractivity contribution in [3.63, 3.8) is 0 Å². The highest BCUT2D eigenvalue weighted by atomic mass is 79.9. The molecule has 0 aliphatic carbocycles. The van der Waals surface area contributed by atoms with Crippen LogP contribution < -0.4 is 11.1 Å². The Morgan fingerprint density at radius 3 is 2.72 bits per heavy atom. The van der Waals surface area contributed by atoms with E-state index in [0.717, 1.165) is 22.4 Å². The van der Waals surface area contributed by atoms with Crippen LogP contribution in [0.5, 0.6) is 0 Å². The van der Waals surface area contributed by atoms with Gasteiger partial charge in [-0.3, -0.25) is 4.90 Å². The molecule has 1 saturated heterocycles. The number of rotatable bonds is 4. The predicted molar refractivity (Wildman–Crippen MR) is 81.9 cm³/mol. The number of nitrogens with two attached hydrogens (primary N) is 1. The van der Waals surface area contributed by atoms with Gasteiger partial charge in [-0.1, -0.05) is 22.4 Å². The van der Waals surface area contributed by atoms with Crippen LogP contribution in [0.1, 0.15) is 26.2 Å². The first-order valence-corrected chi connectivity index (χ1v) is 7.49. The number of benzene rings is 1. The largest absolute Gasteiger partial charge is 0.397 e. The maximum absolute atomic E-state index is 5.98. The molecule has 0 amide bonds. The third-order valence-electron chi connectivity index (χ3n) is 3.62. The van der Waals surface area contributed by atoms with Crippen LogP contribution in [0, 0.1) is 0 Å². The lowest BCUT2D eigenvalue weighted by Crippen LogP contribution is -2.41. The molecule has 0 bridgehead atoms. The highest BCUT2D eigenvalue weighted by molar-refractivity contribution is 9.10. The van der Waals surface area contributed by atoms with E-state index in [1.807, 2.05) is 18.2 Å². The third-order valence-corrected chi connectivity index (χ3v) is 4.11. The molecule has 1 atom stereocenters. The molecule has 0 radical (unpaired) electrons. The lowest BCUT2D eigenvalue weighted by Gasteiger charge is -2.32. The van der Waals surface area contributed by atoms with Gasteiger partial charge in [0, 0.05) is 17.1 Å². The lowest BCUT2D eigenvalue weighted by molar-refractivity contribution is 0.180. The fourth-order valence-electron chi connectivity index (χ4n) is 2.44. The van der Waals surface area contributed by atoms with E-state index < -0.39 is 0 Å². The number of hydrogen-bond acceptors (Lipinski definition) is 3. The van der Waals surface area contributed by atoms with E-state index in [-0.39, 0.29) is 0 Å². The van der Waals surface area contributed by atoms with Crippen molar-refractivity contribution in [2.24, 2.45) is 0 Å². The number of halogens is 1. The number of hydrogen-bond donors (Lipinski definition) is 2. The monoisotopic (exact) mass is 311 g/mol. The fourth-order valence-corrected chi connectivity index (χ4v) is 2.82. The fraction of sp³-hybridized carbons (Fsp3) is 0.571. The number of piperidine rings is 1. The van der Waals surface area contributed by atoms with Gasteiger partial charge in [0.15, 0.2) is 0 Å². The molecule has 3 N–H and O–H groups in total. The van der Waals surface area contributed by atoms with Crippen LogP contribution in [0.3, 0.4) is 0 Å². The summed E-state index contributed by atoms with van der Waals surface area (Å²) >= 11 is 3.42. The van der Waals surface area contributed by atoms with E-state index in [9.17, 15) is 0 Å². The quantitative estimate of drug-likeness (QED) is 0.838. The highest BCUT2D eigenvalue weighted by Crippen LogP contribution is 2.23. The zero-order valence-electron chi connectivity index (χ0n) is 11.0. The number of nitrogen functional groups attached to an aromatic ring is 1. The van der Waals surface area contributed by atoms with Gasteiger partial charge in [-0.15, -0.1) is 0 Å². The molecule has 2 rings (SSSR count). The second-order valence-electron chi connectivity index (χ2n) is 5.06. The van der Waals surface area contributed by atoms with Gasteiger partial charge in [0.05, 0.1) is 11.4 Å². The van der Waals surface area contributed by atoms with Gasteiger partial charge in [-0.05, 0) is 51.1 Å². The third kappa shape index (κ3) is 3.62. The molecule has 1 aliphatic rings. The van der Waals surface area contributed by atoms with Crippen molar-refractivity contribution >= 4 is 27.3 Å². The van der Waals surface area contributed by atoms with Crippen molar-refractivity contribution in [1.29, 1.82) is 0 Å². The molecule has 1 aromatic carbocycles. The summed E-state index contributed by atoms with van der Waals surface area (Å²) in [6.07, 6.45) is 4.06. The Bertz CT molecular complexity index is 389. The number of nitrogens with one attached hydrogen (secondary N) is 1. The minimum Gasteiger partial charge on any atom is -0.397 e. The minimum atomic E-state index is 0.563. The second kappa shape index (κ2) is 6.43. The molecule has 4 heteroatoms. The number of anilines is 2. The van der Waals surface area contributed by atoms with Gasteiger partial charge in [0.25, 0.3) is 0 Å². The molecule has 0 aromatic heterocycles. The molecule has 1 heterocycles. The van der Waals surface area contributed by atoms with E-state index in [1.165, 1.54) is 32.4 Å². The van der Waals surface area contributed by atoms with Crippen LogP contribution >= 0.6 is 15.9 Å². The van der Waals surface area contributed by atoms with Crippen LogP contribution in [0.4, 0.5) is 11.4 Å². The SMILES string of the molecule is CC(CNc1ccc(Br)cc1N)N1CCCCC1. The van der Waals surface area contributed by atoms with E-state index in [2.05, 4.69) is 33.1 Å². The predicted octanol–water partition coefficient (Wildman–Crippen LogP) is 3.32. The summed E-state index contributed by atoms with van der Waals surface area (Å²) in [5.74, 6) is 0. The van der Waals surface area contributed by atoms with Gasteiger partial charge in [0.2, 0.25) is 0 Å². The first-order valence-electron chi connectivity index (χ1n) is 6.70. The zero-order chi connectivity index (χ0) is 13.0. The first kappa shape index (κ1) is 13.7. The molecule has 100 valence electrons. The lowest BCUT2D eigenvalue weighted by atomic mass is 10.1. The maximum Gasteiger partial charge on any atom is 0.0575 e. The number of likely N-dealkylation sites (tertiary alicyclic amines) is 1. The maximum atomic E-state index is 5.98. The highest BCUT2D eigenvalue weighted by Gasteiger charge is 2.16. The van der Waals surface area contributed by atoms with Crippen molar-refractivity contribution in [3.05, 3.63) is 22.7 Å². The van der Waals surface area contributed by atoms with E-state index in [1.54, 1.807) is 0 Å². The Morgan fingerprint density at radius 1 is 1.33 bits per heavy atom. The van der Waals surface area contributed by atoms with Gasteiger partial charge in [-0.2, -0.15) is 0 Å². The topological polar surface area (TPSA) is 41.3 Å². The first-order chi connectivity index (χ1) is 8.66. The summed E-state index contributed by atoms with van der Waals surface area (Å²) in [5.41, 5.74) is 7.81. The molecule has 0 spiro atoms. The summed E-state index contributed by atoms with van der Waals surface area (Å²) in [7, 11) is 0. The van der Waals surface area contributed by atoms with Crippen molar-refractivity contribution in [1.82, 2.24) is 4.90 Å². The normalized spacial score (nSPS) is 18.6. The van der Waals surface area contributed by atoms with Crippen LogP contribution in [0.2, 0.25) is 0 Å². The Morgan fingerprint density at radius 2 is 2.06 bits per heavy atom. The van der Waals surface area contributed by atoms with Crippen LogP contribution in [-0.4, -0.2) is 30.6 Å². The minimum absolute atomic E-state index is 0.563. The van der Waals surface area contributed by atoms with Crippen molar-refractivity contribution in [2.45, 2.75) is 32.2 Å². The zero-order valence-corrected chi connectivity index (χ0v) is 12.5. The molecule has 3 nitrogen and oxygen atoms in total. The van der Waals surface area contributed by atoms with Crippen molar-refractivity contribution < 1.29 is 0 Å². The summed E-state index contributed by atoms with van der Waals surface area (Å²) < 4.78 is 1.02. The second-order valence-corrected chi connectivity index (χ2v) is 5.97. The average molecular weight is 312 g/mol. The molecular formula is C14H22BrN3. The Hall–Kier alpha value is -0.740. The Labute approximate surface area is 118 Å². The molecule has 1 fully saturated rings. The van der Waals surface area contributed by atoms with Crippen molar-refractivity contribution in [3.8, 4) is 0 Å². The van der Waals surface area contributed by atoms with E-state index in [0.29, 0.717) is 6.04 Å². The van der Waals surface area contributed by atoms with Crippen LogP contribution in [0.25, 0.3) is 0 Å². The average Bonchev–Trinajstić information content (AvgIpc) is 2.38. The van der Waals surface area contributed by atoms with Gasteiger partial charge >= 0.3 is 0 Å². The summed E-state index contributed by atoms with van der Waals surface area (Å²) in [6, 6.07) is 6.55. The Kier molecular flexibility index (Phi) is 4.89. The van der Waals surface area contributed by atoms with Gasteiger partial charge < -0.3 is 11.1 Å². The summed E-state index contributed by atoms with van der Waals surface area (Å²) in [6.45, 7) is 5.70. The molecule has 1 unspecified atom stereocenters. The van der Waals surface area contributed by atoms with Gasteiger partial charge in [-0.25, -0.2) is 0 Å². The summed E-state index contributed by atoms with van der Waals surface area (Å²) in [5, 5.41) is 3.45. The smallest absolute Gasteiger partial charge is 0.0575 e. The van der Waals surface area contributed by atoms with E-state index in [4.69, 9.17) is 5.73 Å². The molecular weight excluding hydrogens is 290 g/mol. The summed E-state index contributed by atoms with van der Waals surface area (Å²) in [4.78, 5) is 2.56. The number of nitrogens with zero attached hydrogens (tertiary/aromatic N) is 1. The van der Waals surface area contributed by atoms with E-state index >= 15 is 0 Å². The van der Waals surface area contributed by atoms with Crippen LogP contribution in [0.15, 0.2) is 22.7 Å². The van der Waals surface area contributed by atoms with Crippen molar-refractivity contribution in [2.75, 3.05) is 30.7 Å². The standard InChI is InChI=1S/C14H22BrN3/c1-11(18-7-3-2-4-8-18)10-17-14-6-5-12(15)9-13(14)16/h5-6,9,11,17H,2-4,7-8,10,16H2,1H3. The Balaban J connectivity index is 1.86. The molecule has 1 aromatic rings. The molecule has 0 saturated carbocycles. The van der Waals surface area contributed by atoms with Gasteiger partial charge in [0.1, 0.15) is 0 Å².